The highest BCUT2D eigenvalue weighted by atomic mass is 32.1. The lowest BCUT2D eigenvalue weighted by Gasteiger charge is -2.10. The summed E-state index contributed by atoms with van der Waals surface area (Å²) in [5.74, 6) is 0. The van der Waals surface area contributed by atoms with Gasteiger partial charge in [-0.05, 0) is 18.2 Å². The monoisotopic (exact) mass is 339 g/mol. The first-order valence-electron chi connectivity index (χ1n) is 8.12. The molecule has 0 unspecified atom stereocenters. The van der Waals surface area contributed by atoms with E-state index >= 15 is 0 Å². The Labute approximate surface area is 148 Å². The zero-order chi connectivity index (χ0) is 16.8. The van der Waals surface area contributed by atoms with Crippen LogP contribution in [0.3, 0.4) is 0 Å². The molecule has 0 fully saturated rings. The van der Waals surface area contributed by atoms with Gasteiger partial charge in [-0.15, -0.1) is 11.3 Å². The Hall–Kier alpha value is -3.04. The normalized spacial score (nSPS) is 11.4. The largest absolute Gasteiger partial charge is 0.288 e. The molecule has 0 aliphatic carbocycles. The zero-order valence-electron chi connectivity index (χ0n) is 13.3. The molecule has 118 valence electrons. The number of aromatic nitrogens is 1. The maximum atomic E-state index is 13.3. The van der Waals surface area contributed by atoms with Crippen LogP contribution < -0.4 is 5.43 Å². The Morgan fingerprint density at radius 3 is 2.24 bits per heavy atom. The Morgan fingerprint density at radius 1 is 0.720 bits per heavy atom. The molecular formula is C22H13NOS. The standard InChI is InChI=1S/C22H13NOS/c24-21-16-11-5-7-13-18(16)25-22-19(21)15-10-4-6-12-17(15)23-20(22)14-8-2-1-3-9-14/h1-13H. The van der Waals surface area contributed by atoms with E-state index in [9.17, 15) is 4.79 Å². The summed E-state index contributed by atoms with van der Waals surface area (Å²) in [6.07, 6.45) is 0. The minimum absolute atomic E-state index is 0.0835. The predicted molar refractivity (Wildman–Crippen MR) is 106 cm³/mol. The second kappa shape index (κ2) is 5.50. The minimum Gasteiger partial charge on any atom is -0.288 e. The van der Waals surface area contributed by atoms with Crippen LogP contribution in [0.4, 0.5) is 0 Å². The summed E-state index contributed by atoms with van der Waals surface area (Å²) >= 11 is 1.64. The van der Waals surface area contributed by atoms with E-state index in [1.54, 1.807) is 11.3 Å². The first-order chi connectivity index (χ1) is 12.3. The number of pyridine rings is 1. The van der Waals surface area contributed by atoms with Crippen LogP contribution in [-0.4, -0.2) is 4.98 Å². The van der Waals surface area contributed by atoms with E-state index in [-0.39, 0.29) is 5.43 Å². The highest BCUT2D eigenvalue weighted by molar-refractivity contribution is 7.25. The molecule has 0 spiro atoms. The molecule has 3 aromatic carbocycles. The van der Waals surface area contributed by atoms with Gasteiger partial charge in [0.25, 0.3) is 0 Å². The van der Waals surface area contributed by atoms with E-state index in [4.69, 9.17) is 4.98 Å². The molecule has 0 aliphatic rings. The topological polar surface area (TPSA) is 30.0 Å². The fourth-order valence-corrected chi connectivity index (χ4v) is 4.50. The number of nitrogens with zero attached hydrogens (tertiary/aromatic N) is 1. The fourth-order valence-electron chi connectivity index (χ4n) is 3.30. The van der Waals surface area contributed by atoms with Crippen molar-refractivity contribution in [3.8, 4) is 11.3 Å². The van der Waals surface area contributed by atoms with Crippen molar-refractivity contribution in [1.82, 2.24) is 4.98 Å². The zero-order valence-corrected chi connectivity index (χ0v) is 14.1. The lowest BCUT2D eigenvalue weighted by molar-refractivity contribution is 1.43. The van der Waals surface area contributed by atoms with Gasteiger partial charge in [-0.2, -0.15) is 0 Å². The first kappa shape index (κ1) is 14.3. The predicted octanol–water partition coefficient (Wildman–Crippen LogP) is 5.63. The van der Waals surface area contributed by atoms with Gasteiger partial charge < -0.3 is 0 Å². The van der Waals surface area contributed by atoms with Crippen LogP contribution in [0.5, 0.6) is 0 Å². The van der Waals surface area contributed by atoms with E-state index in [2.05, 4.69) is 0 Å². The van der Waals surface area contributed by atoms with Crippen molar-refractivity contribution in [2.75, 3.05) is 0 Å². The third kappa shape index (κ3) is 2.17. The van der Waals surface area contributed by atoms with Crippen molar-refractivity contribution in [2.24, 2.45) is 0 Å². The van der Waals surface area contributed by atoms with E-state index in [1.165, 1.54) is 0 Å². The van der Waals surface area contributed by atoms with Crippen molar-refractivity contribution in [2.45, 2.75) is 0 Å². The maximum absolute atomic E-state index is 13.3. The molecule has 0 aliphatic heterocycles. The molecule has 2 aromatic heterocycles. The minimum atomic E-state index is 0.0835. The van der Waals surface area contributed by atoms with Crippen LogP contribution in [0.2, 0.25) is 0 Å². The Kier molecular flexibility index (Phi) is 3.15. The third-order valence-electron chi connectivity index (χ3n) is 4.47. The van der Waals surface area contributed by atoms with Gasteiger partial charge in [-0.1, -0.05) is 60.7 Å². The Balaban J connectivity index is 2.08. The molecular weight excluding hydrogens is 326 g/mol. The van der Waals surface area contributed by atoms with E-state index < -0.39 is 0 Å². The summed E-state index contributed by atoms with van der Waals surface area (Å²) in [6, 6.07) is 25.8. The summed E-state index contributed by atoms with van der Waals surface area (Å²) in [5.41, 5.74) is 2.85. The van der Waals surface area contributed by atoms with E-state index in [0.29, 0.717) is 0 Å². The Bertz CT molecular complexity index is 1310. The van der Waals surface area contributed by atoms with Crippen molar-refractivity contribution >= 4 is 42.4 Å². The van der Waals surface area contributed by atoms with Gasteiger partial charge in [0.1, 0.15) is 0 Å². The molecule has 0 radical (unpaired) electrons. The summed E-state index contributed by atoms with van der Waals surface area (Å²) in [7, 11) is 0. The van der Waals surface area contributed by atoms with Crippen LogP contribution >= 0.6 is 11.3 Å². The second-order valence-electron chi connectivity index (χ2n) is 5.98. The molecule has 0 saturated carbocycles. The molecule has 5 aromatic rings. The van der Waals surface area contributed by atoms with Crippen LogP contribution in [0.1, 0.15) is 0 Å². The number of benzene rings is 3. The summed E-state index contributed by atoms with van der Waals surface area (Å²) < 4.78 is 1.95. The molecule has 0 saturated heterocycles. The van der Waals surface area contributed by atoms with Gasteiger partial charge >= 0.3 is 0 Å². The van der Waals surface area contributed by atoms with E-state index in [1.807, 2.05) is 78.9 Å². The van der Waals surface area contributed by atoms with Gasteiger partial charge in [-0.25, -0.2) is 4.98 Å². The fraction of sp³-hybridized carbons (Fsp3) is 0. The highest BCUT2D eigenvalue weighted by Gasteiger charge is 2.15. The third-order valence-corrected chi connectivity index (χ3v) is 5.64. The number of hydrogen-bond donors (Lipinski definition) is 0. The van der Waals surface area contributed by atoms with Crippen LogP contribution in [0.25, 0.3) is 42.3 Å². The van der Waals surface area contributed by atoms with Crippen LogP contribution in [0, 0.1) is 0 Å². The molecule has 0 amide bonds. The van der Waals surface area contributed by atoms with Gasteiger partial charge in [0, 0.05) is 21.0 Å². The quantitative estimate of drug-likeness (QED) is 0.293. The molecule has 0 N–H and O–H groups in total. The maximum Gasteiger partial charge on any atom is 0.196 e. The first-order valence-corrected chi connectivity index (χ1v) is 8.94. The van der Waals surface area contributed by atoms with E-state index in [0.717, 1.165) is 42.3 Å². The van der Waals surface area contributed by atoms with Crippen molar-refractivity contribution in [1.29, 1.82) is 0 Å². The smallest absolute Gasteiger partial charge is 0.196 e. The molecule has 5 rings (SSSR count). The SMILES string of the molecule is O=c1c2ccccc2sc2c(-c3ccccc3)nc3ccccc3c12. The van der Waals surface area contributed by atoms with Gasteiger partial charge in [0.15, 0.2) is 5.43 Å². The van der Waals surface area contributed by atoms with Crippen LogP contribution in [-0.2, 0) is 0 Å². The number of hydrogen-bond acceptors (Lipinski definition) is 3. The molecule has 0 bridgehead atoms. The lowest BCUT2D eigenvalue weighted by Crippen LogP contribution is -2.03. The number of rotatable bonds is 1. The molecule has 2 heterocycles. The summed E-state index contributed by atoms with van der Waals surface area (Å²) in [6.45, 7) is 0. The van der Waals surface area contributed by atoms with Crippen molar-refractivity contribution in [3.63, 3.8) is 0 Å². The molecule has 2 nitrogen and oxygen atoms in total. The molecule has 3 heteroatoms. The molecule has 0 atom stereocenters. The van der Waals surface area contributed by atoms with Crippen molar-refractivity contribution in [3.05, 3.63) is 89.1 Å². The average molecular weight is 339 g/mol. The average Bonchev–Trinajstić information content (AvgIpc) is 2.68. The second-order valence-corrected chi connectivity index (χ2v) is 7.03. The number of para-hydroxylation sites is 1. The summed E-state index contributed by atoms with van der Waals surface area (Å²) in [4.78, 5) is 18.2. The van der Waals surface area contributed by atoms with Gasteiger partial charge in [0.05, 0.1) is 21.3 Å². The summed E-state index contributed by atoms with van der Waals surface area (Å²) in [5, 5.41) is 2.47. The highest BCUT2D eigenvalue weighted by Crippen LogP contribution is 2.35. The number of fused-ring (bicyclic) bond motifs is 4. The molecule has 25 heavy (non-hydrogen) atoms. The van der Waals surface area contributed by atoms with Crippen LogP contribution in [0.15, 0.2) is 83.7 Å². The van der Waals surface area contributed by atoms with Crippen molar-refractivity contribution < 1.29 is 0 Å². The Morgan fingerprint density at radius 2 is 1.40 bits per heavy atom. The van der Waals surface area contributed by atoms with Gasteiger partial charge in [0.2, 0.25) is 0 Å². The van der Waals surface area contributed by atoms with Gasteiger partial charge in [-0.3, -0.25) is 4.79 Å². The lowest BCUT2D eigenvalue weighted by atomic mass is 10.0.